The minimum Gasteiger partial charge on any atom is -0.491 e. The number of rotatable bonds is 8. The molecule has 0 heterocycles. The summed E-state index contributed by atoms with van der Waals surface area (Å²) in [4.78, 5) is 0. The lowest BCUT2D eigenvalue weighted by Gasteiger charge is -2.18. The Bertz CT molecular complexity index is 339. The molecule has 0 aromatic heterocycles. The molecule has 1 aromatic carbocycles. The zero-order valence-electron chi connectivity index (χ0n) is 10.6. The molecule has 17 heavy (non-hydrogen) atoms. The molecule has 0 fully saturated rings. The van der Waals surface area contributed by atoms with Crippen molar-refractivity contribution in [3.05, 3.63) is 42.5 Å². The number of benzene rings is 1. The molecule has 3 nitrogen and oxygen atoms in total. The van der Waals surface area contributed by atoms with Crippen LogP contribution in [0.3, 0.4) is 0 Å². The third kappa shape index (κ3) is 4.21. The van der Waals surface area contributed by atoms with Gasteiger partial charge in [0.15, 0.2) is 0 Å². The fourth-order valence-electron chi connectivity index (χ4n) is 1.70. The SMILES string of the molecule is C=CCC(NC)c1ccccc1OCCOC. The summed E-state index contributed by atoms with van der Waals surface area (Å²) in [5, 5.41) is 3.27. The Hall–Kier alpha value is -1.32. The van der Waals surface area contributed by atoms with E-state index in [0.717, 1.165) is 17.7 Å². The highest BCUT2D eigenvalue weighted by atomic mass is 16.5. The number of hydrogen-bond acceptors (Lipinski definition) is 3. The van der Waals surface area contributed by atoms with Gasteiger partial charge in [-0.2, -0.15) is 0 Å². The van der Waals surface area contributed by atoms with Crippen LogP contribution >= 0.6 is 0 Å². The first kappa shape index (κ1) is 13.7. The second kappa shape index (κ2) is 7.87. The van der Waals surface area contributed by atoms with Gasteiger partial charge in [-0.1, -0.05) is 24.3 Å². The van der Waals surface area contributed by atoms with Crippen LogP contribution in [0.25, 0.3) is 0 Å². The van der Waals surface area contributed by atoms with Gasteiger partial charge in [0, 0.05) is 18.7 Å². The predicted octanol–water partition coefficient (Wildman–Crippen LogP) is 2.55. The van der Waals surface area contributed by atoms with Gasteiger partial charge < -0.3 is 14.8 Å². The number of ether oxygens (including phenoxy) is 2. The Balaban J connectivity index is 2.77. The highest BCUT2D eigenvalue weighted by Crippen LogP contribution is 2.27. The fraction of sp³-hybridized carbons (Fsp3) is 0.429. The molecule has 3 heteroatoms. The summed E-state index contributed by atoms with van der Waals surface area (Å²) in [6.45, 7) is 4.94. The van der Waals surface area contributed by atoms with Crippen molar-refractivity contribution < 1.29 is 9.47 Å². The van der Waals surface area contributed by atoms with E-state index < -0.39 is 0 Å². The van der Waals surface area contributed by atoms with Crippen molar-refractivity contribution in [1.82, 2.24) is 5.32 Å². The number of para-hydroxylation sites is 1. The van der Waals surface area contributed by atoms with Gasteiger partial charge >= 0.3 is 0 Å². The standard InChI is InChI=1S/C14H21NO2/c1-4-7-13(15-2)12-8-5-6-9-14(12)17-11-10-16-3/h4-6,8-9,13,15H,1,7,10-11H2,2-3H3. The molecule has 1 unspecified atom stereocenters. The van der Waals surface area contributed by atoms with E-state index in [4.69, 9.17) is 9.47 Å². The summed E-state index contributed by atoms with van der Waals surface area (Å²) in [7, 11) is 3.61. The zero-order valence-corrected chi connectivity index (χ0v) is 10.6. The Morgan fingerprint density at radius 3 is 2.76 bits per heavy atom. The van der Waals surface area contributed by atoms with Gasteiger partial charge in [0.25, 0.3) is 0 Å². The van der Waals surface area contributed by atoms with E-state index in [9.17, 15) is 0 Å². The maximum absolute atomic E-state index is 5.71. The molecular formula is C14H21NO2. The molecule has 0 aliphatic heterocycles. The maximum atomic E-state index is 5.71. The van der Waals surface area contributed by atoms with Gasteiger partial charge in [0.2, 0.25) is 0 Å². The lowest BCUT2D eigenvalue weighted by atomic mass is 10.0. The van der Waals surface area contributed by atoms with Crippen LogP contribution in [0.1, 0.15) is 18.0 Å². The molecule has 0 saturated carbocycles. The monoisotopic (exact) mass is 235 g/mol. The summed E-state index contributed by atoms with van der Waals surface area (Å²) < 4.78 is 10.7. The third-order valence-electron chi connectivity index (χ3n) is 2.59. The van der Waals surface area contributed by atoms with Crippen LogP contribution in [-0.4, -0.2) is 27.4 Å². The maximum Gasteiger partial charge on any atom is 0.124 e. The van der Waals surface area contributed by atoms with Gasteiger partial charge in [-0.15, -0.1) is 6.58 Å². The highest BCUT2D eigenvalue weighted by Gasteiger charge is 2.12. The predicted molar refractivity (Wildman–Crippen MR) is 70.4 cm³/mol. The Morgan fingerprint density at radius 2 is 2.12 bits per heavy atom. The Morgan fingerprint density at radius 1 is 1.35 bits per heavy atom. The first-order valence-corrected chi connectivity index (χ1v) is 5.82. The van der Waals surface area contributed by atoms with Crippen molar-refractivity contribution in [3.63, 3.8) is 0 Å². The van der Waals surface area contributed by atoms with Gasteiger partial charge in [-0.3, -0.25) is 0 Å². The van der Waals surface area contributed by atoms with Crippen molar-refractivity contribution in [1.29, 1.82) is 0 Å². The van der Waals surface area contributed by atoms with Crippen LogP contribution in [0.2, 0.25) is 0 Å². The molecule has 0 aliphatic rings. The van der Waals surface area contributed by atoms with E-state index in [1.54, 1.807) is 7.11 Å². The van der Waals surface area contributed by atoms with Crippen LogP contribution in [0.5, 0.6) is 5.75 Å². The van der Waals surface area contributed by atoms with E-state index in [-0.39, 0.29) is 6.04 Å². The quantitative estimate of drug-likeness (QED) is 0.555. The lowest BCUT2D eigenvalue weighted by molar-refractivity contribution is 0.145. The van der Waals surface area contributed by atoms with E-state index >= 15 is 0 Å². The van der Waals surface area contributed by atoms with Crippen LogP contribution < -0.4 is 10.1 Å². The summed E-state index contributed by atoms with van der Waals surface area (Å²) in [6, 6.07) is 8.30. The largest absolute Gasteiger partial charge is 0.491 e. The molecule has 0 spiro atoms. The number of nitrogens with one attached hydrogen (secondary N) is 1. The molecule has 0 radical (unpaired) electrons. The van der Waals surface area contributed by atoms with Crippen LogP contribution in [0.4, 0.5) is 0 Å². The fourth-order valence-corrected chi connectivity index (χ4v) is 1.70. The average Bonchev–Trinajstić information content (AvgIpc) is 2.37. The summed E-state index contributed by atoms with van der Waals surface area (Å²) >= 11 is 0. The molecule has 0 bridgehead atoms. The van der Waals surface area contributed by atoms with Crippen molar-refractivity contribution in [2.45, 2.75) is 12.5 Å². The average molecular weight is 235 g/mol. The van der Waals surface area contributed by atoms with E-state index in [0.29, 0.717) is 13.2 Å². The van der Waals surface area contributed by atoms with Crippen LogP contribution in [0, 0.1) is 0 Å². The molecule has 0 saturated heterocycles. The second-order valence-electron chi connectivity index (χ2n) is 3.74. The van der Waals surface area contributed by atoms with Crippen molar-refractivity contribution >= 4 is 0 Å². The Kier molecular flexibility index (Phi) is 6.37. The van der Waals surface area contributed by atoms with Crippen LogP contribution in [-0.2, 0) is 4.74 Å². The molecule has 0 amide bonds. The van der Waals surface area contributed by atoms with Gasteiger partial charge in [0.1, 0.15) is 12.4 Å². The Labute approximate surface area is 103 Å². The highest BCUT2D eigenvalue weighted by molar-refractivity contribution is 5.36. The molecular weight excluding hydrogens is 214 g/mol. The molecule has 1 aromatic rings. The topological polar surface area (TPSA) is 30.5 Å². The third-order valence-corrected chi connectivity index (χ3v) is 2.59. The summed E-state index contributed by atoms with van der Waals surface area (Å²) in [5.74, 6) is 0.908. The molecule has 1 rings (SSSR count). The minimum atomic E-state index is 0.242. The van der Waals surface area contributed by atoms with Crippen LogP contribution in [0.15, 0.2) is 36.9 Å². The second-order valence-corrected chi connectivity index (χ2v) is 3.74. The molecule has 1 N–H and O–H groups in total. The number of methoxy groups -OCH3 is 1. The minimum absolute atomic E-state index is 0.242. The van der Waals surface area contributed by atoms with Gasteiger partial charge in [-0.25, -0.2) is 0 Å². The smallest absolute Gasteiger partial charge is 0.124 e. The first-order chi connectivity index (χ1) is 8.33. The first-order valence-electron chi connectivity index (χ1n) is 5.82. The van der Waals surface area contributed by atoms with E-state index in [2.05, 4.69) is 18.0 Å². The lowest BCUT2D eigenvalue weighted by Crippen LogP contribution is -2.17. The summed E-state index contributed by atoms with van der Waals surface area (Å²) in [5.41, 5.74) is 1.16. The van der Waals surface area contributed by atoms with Crippen molar-refractivity contribution in [2.24, 2.45) is 0 Å². The normalized spacial score (nSPS) is 12.1. The van der Waals surface area contributed by atoms with E-state index in [1.165, 1.54) is 0 Å². The number of hydrogen-bond donors (Lipinski definition) is 1. The van der Waals surface area contributed by atoms with Crippen molar-refractivity contribution in [2.75, 3.05) is 27.4 Å². The van der Waals surface area contributed by atoms with Gasteiger partial charge in [-0.05, 0) is 19.5 Å². The molecule has 94 valence electrons. The molecule has 1 atom stereocenters. The van der Waals surface area contributed by atoms with Crippen molar-refractivity contribution in [3.8, 4) is 5.75 Å². The zero-order chi connectivity index (χ0) is 12.5. The van der Waals surface area contributed by atoms with Gasteiger partial charge in [0.05, 0.1) is 6.61 Å². The van der Waals surface area contributed by atoms with E-state index in [1.807, 2.05) is 31.3 Å². The molecule has 0 aliphatic carbocycles. The summed E-state index contributed by atoms with van der Waals surface area (Å²) in [6.07, 6.45) is 2.79.